The second kappa shape index (κ2) is 11.4. The highest BCUT2D eigenvalue weighted by atomic mass is 79.9. The van der Waals surface area contributed by atoms with Gasteiger partial charge in [0.25, 0.3) is 15.9 Å². The van der Waals surface area contributed by atoms with Crippen LogP contribution in [0, 0.1) is 27.7 Å². The van der Waals surface area contributed by atoms with Gasteiger partial charge in [0, 0.05) is 21.4 Å². The number of anilines is 1. The molecule has 7 nitrogen and oxygen atoms in total. The van der Waals surface area contributed by atoms with E-state index in [4.69, 9.17) is 0 Å². The molecule has 0 aliphatic carbocycles. The standard InChI is InChI=1S/C29H29BrN4O3S/c1-20-14-15-25(16-21(20)2)33(38(36,37)26-10-6-5-7-11-26)19-29(35)32-31-18-24-17-22(3)34(23(24)4)28-13-9-8-12-27(28)30/h5-18H,19H2,1-4H3,(H,32,35)/b31-18-. The predicted octanol–water partition coefficient (Wildman–Crippen LogP) is 5.82. The minimum Gasteiger partial charge on any atom is -0.317 e. The van der Waals surface area contributed by atoms with Crippen LogP contribution >= 0.6 is 15.9 Å². The number of nitrogens with one attached hydrogen (secondary N) is 1. The number of hydrogen-bond acceptors (Lipinski definition) is 4. The third kappa shape index (κ3) is 5.74. The maximum atomic E-state index is 13.5. The molecule has 0 radical (unpaired) electrons. The monoisotopic (exact) mass is 592 g/mol. The van der Waals surface area contributed by atoms with Crippen LogP contribution in [-0.2, 0) is 14.8 Å². The lowest BCUT2D eigenvalue weighted by atomic mass is 10.1. The van der Waals surface area contributed by atoms with Crippen molar-refractivity contribution in [2.24, 2.45) is 5.10 Å². The Hall–Kier alpha value is -3.69. The molecule has 1 amide bonds. The first kappa shape index (κ1) is 27.3. The fourth-order valence-electron chi connectivity index (χ4n) is 4.18. The third-order valence-electron chi connectivity index (χ3n) is 6.35. The van der Waals surface area contributed by atoms with E-state index >= 15 is 0 Å². The van der Waals surface area contributed by atoms with Crippen molar-refractivity contribution in [1.82, 2.24) is 9.99 Å². The van der Waals surface area contributed by atoms with Crippen LogP contribution in [0.2, 0.25) is 0 Å². The van der Waals surface area contributed by atoms with Crippen LogP contribution in [0.4, 0.5) is 5.69 Å². The first-order valence-electron chi connectivity index (χ1n) is 12.0. The summed E-state index contributed by atoms with van der Waals surface area (Å²) in [5.41, 5.74) is 8.66. The fourth-order valence-corrected chi connectivity index (χ4v) is 6.07. The van der Waals surface area contributed by atoms with Crippen LogP contribution in [0.1, 0.15) is 28.1 Å². The van der Waals surface area contributed by atoms with E-state index in [1.165, 1.54) is 12.1 Å². The molecular weight excluding hydrogens is 564 g/mol. The van der Waals surface area contributed by atoms with Crippen molar-refractivity contribution in [2.75, 3.05) is 10.8 Å². The van der Waals surface area contributed by atoms with Gasteiger partial charge in [0.1, 0.15) is 6.54 Å². The summed E-state index contributed by atoms with van der Waals surface area (Å²) in [6.07, 6.45) is 1.57. The smallest absolute Gasteiger partial charge is 0.264 e. The Balaban J connectivity index is 1.57. The largest absolute Gasteiger partial charge is 0.317 e. The van der Waals surface area contributed by atoms with E-state index in [-0.39, 0.29) is 4.90 Å². The molecule has 0 fully saturated rings. The van der Waals surface area contributed by atoms with E-state index in [0.717, 1.165) is 42.5 Å². The lowest BCUT2D eigenvalue weighted by Crippen LogP contribution is -2.39. The van der Waals surface area contributed by atoms with E-state index in [0.29, 0.717) is 5.69 Å². The Morgan fingerprint density at radius 2 is 1.63 bits per heavy atom. The fraction of sp³-hybridized carbons (Fsp3) is 0.172. The van der Waals surface area contributed by atoms with Crippen molar-refractivity contribution in [3.63, 3.8) is 0 Å². The summed E-state index contributed by atoms with van der Waals surface area (Å²) in [6.45, 7) is 7.40. The first-order chi connectivity index (χ1) is 18.1. The maximum absolute atomic E-state index is 13.5. The van der Waals surface area contributed by atoms with E-state index in [1.807, 2.05) is 64.1 Å². The summed E-state index contributed by atoms with van der Waals surface area (Å²) in [6, 6.07) is 23.3. The number of nitrogens with zero attached hydrogens (tertiary/aromatic N) is 3. The average molecular weight is 594 g/mol. The van der Waals surface area contributed by atoms with Crippen LogP contribution in [0.5, 0.6) is 0 Å². The van der Waals surface area contributed by atoms with Crippen LogP contribution in [0.25, 0.3) is 5.69 Å². The highest BCUT2D eigenvalue weighted by Gasteiger charge is 2.27. The summed E-state index contributed by atoms with van der Waals surface area (Å²) < 4.78 is 31.2. The van der Waals surface area contributed by atoms with Crippen LogP contribution in [0.3, 0.4) is 0 Å². The van der Waals surface area contributed by atoms with E-state index in [1.54, 1.807) is 36.5 Å². The average Bonchev–Trinajstić information content (AvgIpc) is 3.17. The summed E-state index contributed by atoms with van der Waals surface area (Å²) in [7, 11) is -3.99. The number of aromatic nitrogens is 1. The topological polar surface area (TPSA) is 83.8 Å². The molecule has 9 heteroatoms. The Morgan fingerprint density at radius 1 is 0.947 bits per heavy atom. The number of hydrazone groups is 1. The number of halogens is 1. The second-order valence-corrected chi connectivity index (χ2v) is 11.7. The zero-order valence-electron chi connectivity index (χ0n) is 21.6. The van der Waals surface area contributed by atoms with Gasteiger partial charge < -0.3 is 4.57 Å². The molecule has 1 heterocycles. The molecule has 1 aromatic heterocycles. The van der Waals surface area contributed by atoms with Gasteiger partial charge in [-0.25, -0.2) is 13.8 Å². The molecule has 0 saturated heterocycles. The van der Waals surface area contributed by atoms with E-state index < -0.39 is 22.5 Å². The SMILES string of the molecule is Cc1ccc(N(CC(=O)N/N=C\c2cc(C)n(-c3ccccc3Br)c2C)S(=O)(=O)c2ccccc2)cc1C. The molecule has 196 valence electrons. The zero-order valence-corrected chi connectivity index (χ0v) is 24.0. The van der Waals surface area contributed by atoms with Gasteiger partial charge in [-0.2, -0.15) is 5.10 Å². The van der Waals surface area contributed by atoms with Gasteiger partial charge in [0.15, 0.2) is 0 Å². The number of carbonyl (C=O) groups excluding carboxylic acids is 1. The molecule has 0 atom stereocenters. The highest BCUT2D eigenvalue weighted by Crippen LogP contribution is 2.27. The van der Waals surface area contributed by atoms with Crippen molar-refractivity contribution in [3.8, 4) is 5.69 Å². The highest BCUT2D eigenvalue weighted by molar-refractivity contribution is 9.10. The molecular formula is C29H29BrN4O3S. The molecule has 0 bridgehead atoms. The zero-order chi connectivity index (χ0) is 27.4. The first-order valence-corrected chi connectivity index (χ1v) is 14.2. The van der Waals surface area contributed by atoms with Crippen LogP contribution in [-0.4, -0.2) is 31.7 Å². The number of rotatable bonds is 8. The van der Waals surface area contributed by atoms with Gasteiger partial charge in [-0.3, -0.25) is 9.10 Å². The number of benzene rings is 3. The quantitative estimate of drug-likeness (QED) is 0.207. The van der Waals surface area contributed by atoms with Gasteiger partial charge >= 0.3 is 0 Å². The molecule has 3 aromatic carbocycles. The maximum Gasteiger partial charge on any atom is 0.264 e. The predicted molar refractivity (Wildman–Crippen MR) is 156 cm³/mol. The summed E-state index contributed by atoms with van der Waals surface area (Å²) in [5, 5.41) is 4.14. The number of hydrogen-bond donors (Lipinski definition) is 1. The molecule has 4 aromatic rings. The minimum atomic E-state index is -3.99. The number of aryl methyl sites for hydroxylation is 3. The van der Waals surface area contributed by atoms with Crippen molar-refractivity contribution in [1.29, 1.82) is 0 Å². The van der Waals surface area contributed by atoms with Gasteiger partial charge in [-0.1, -0.05) is 36.4 Å². The molecule has 0 aliphatic rings. The number of amides is 1. The molecule has 0 aliphatic heterocycles. The van der Waals surface area contributed by atoms with E-state index in [9.17, 15) is 13.2 Å². The summed E-state index contributed by atoms with van der Waals surface area (Å²) >= 11 is 3.60. The summed E-state index contributed by atoms with van der Waals surface area (Å²) in [4.78, 5) is 13.0. The lowest BCUT2D eigenvalue weighted by Gasteiger charge is -2.24. The van der Waals surface area contributed by atoms with Crippen molar-refractivity contribution in [3.05, 3.63) is 111 Å². The van der Waals surface area contributed by atoms with Gasteiger partial charge in [-0.05, 0) is 97.2 Å². The second-order valence-electron chi connectivity index (χ2n) is 9.00. The molecule has 1 N–H and O–H groups in total. The van der Waals surface area contributed by atoms with Crippen molar-refractivity contribution >= 4 is 43.8 Å². The van der Waals surface area contributed by atoms with Crippen LogP contribution < -0.4 is 9.73 Å². The Bertz CT molecular complexity index is 1610. The lowest BCUT2D eigenvalue weighted by molar-refractivity contribution is -0.119. The van der Waals surface area contributed by atoms with E-state index in [2.05, 4.69) is 31.0 Å². The van der Waals surface area contributed by atoms with Crippen molar-refractivity contribution in [2.45, 2.75) is 32.6 Å². The Labute approximate surface area is 232 Å². The van der Waals surface area contributed by atoms with Gasteiger partial charge in [-0.15, -0.1) is 0 Å². The van der Waals surface area contributed by atoms with Crippen molar-refractivity contribution < 1.29 is 13.2 Å². The third-order valence-corrected chi connectivity index (χ3v) is 8.81. The Kier molecular flexibility index (Phi) is 8.18. The Morgan fingerprint density at radius 3 is 2.32 bits per heavy atom. The van der Waals surface area contributed by atoms with Gasteiger partial charge in [0.05, 0.1) is 22.5 Å². The molecule has 0 unspecified atom stereocenters. The molecule has 38 heavy (non-hydrogen) atoms. The number of para-hydroxylation sites is 1. The normalized spacial score (nSPS) is 11.6. The molecule has 0 saturated carbocycles. The number of carbonyl (C=O) groups is 1. The molecule has 4 rings (SSSR count). The minimum absolute atomic E-state index is 0.106. The van der Waals surface area contributed by atoms with Crippen LogP contribution in [0.15, 0.2) is 93.3 Å². The number of sulfonamides is 1. The molecule has 0 spiro atoms. The van der Waals surface area contributed by atoms with Gasteiger partial charge in [0.2, 0.25) is 0 Å². The summed E-state index contributed by atoms with van der Waals surface area (Å²) in [5.74, 6) is -0.557.